The Bertz CT molecular complexity index is 815. The highest BCUT2D eigenvalue weighted by atomic mass is 16.5. The first-order chi connectivity index (χ1) is 13.6. The zero-order chi connectivity index (χ0) is 19.9. The van der Waals surface area contributed by atoms with Crippen molar-refractivity contribution in [2.75, 3.05) is 30.4 Å². The average molecular weight is 381 g/mol. The van der Waals surface area contributed by atoms with Gasteiger partial charge in [-0.2, -0.15) is 0 Å². The minimum absolute atomic E-state index is 0.156. The van der Waals surface area contributed by atoms with Crippen molar-refractivity contribution in [3.8, 4) is 0 Å². The Kier molecular flexibility index (Phi) is 6.60. The number of urea groups is 1. The molecule has 7 nitrogen and oxygen atoms in total. The lowest BCUT2D eigenvalue weighted by Gasteiger charge is -2.27. The molecule has 4 N–H and O–H groups in total. The summed E-state index contributed by atoms with van der Waals surface area (Å²) >= 11 is 0. The molecule has 0 saturated heterocycles. The average Bonchev–Trinajstić information content (AvgIpc) is 2.68. The van der Waals surface area contributed by atoms with E-state index >= 15 is 0 Å². The third-order valence-electron chi connectivity index (χ3n) is 4.74. The molecule has 0 spiro atoms. The van der Waals surface area contributed by atoms with Crippen molar-refractivity contribution in [2.24, 2.45) is 5.92 Å². The van der Waals surface area contributed by atoms with Crippen LogP contribution in [0, 0.1) is 11.3 Å². The van der Waals surface area contributed by atoms with Gasteiger partial charge in [-0.05, 0) is 25.0 Å². The molecular formula is C21H27N5O2. The molecule has 0 saturated carbocycles. The van der Waals surface area contributed by atoms with Crippen molar-refractivity contribution in [3.63, 3.8) is 0 Å². The number of hydrogen-bond donors (Lipinski definition) is 4. The Balaban J connectivity index is 1.89. The minimum atomic E-state index is -0.332. The number of carbonyl (C=O) groups excluding carboxylic acids is 1. The zero-order valence-corrected chi connectivity index (χ0v) is 16.1. The summed E-state index contributed by atoms with van der Waals surface area (Å²) in [7, 11) is 0. The lowest BCUT2D eigenvalue weighted by molar-refractivity contribution is 0.119. The van der Waals surface area contributed by atoms with Gasteiger partial charge in [0, 0.05) is 30.7 Å². The van der Waals surface area contributed by atoms with Gasteiger partial charge in [0.25, 0.3) is 0 Å². The van der Waals surface area contributed by atoms with Gasteiger partial charge >= 0.3 is 6.03 Å². The maximum atomic E-state index is 12.6. The molecular weight excluding hydrogens is 354 g/mol. The number of amides is 2. The van der Waals surface area contributed by atoms with Gasteiger partial charge in [0.1, 0.15) is 5.82 Å². The maximum absolute atomic E-state index is 12.6. The summed E-state index contributed by atoms with van der Waals surface area (Å²) in [5.74, 6) is 0.587. The molecule has 1 aliphatic heterocycles. The Morgan fingerprint density at radius 2 is 2.32 bits per heavy atom. The molecule has 0 fully saturated rings. The van der Waals surface area contributed by atoms with Gasteiger partial charge in [0.2, 0.25) is 0 Å². The Morgan fingerprint density at radius 3 is 3.04 bits per heavy atom. The van der Waals surface area contributed by atoms with Crippen LogP contribution in [-0.4, -0.2) is 43.0 Å². The third kappa shape index (κ3) is 4.86. The standard InChI is InChI=1S/C21H27N5O2/c1-3-23-20-16(11-22)10-19-24-17(20)9-14(2)12-28-13-18(25-21(27)26-19)15-7-5-4-6-8-15/h4-7,10-11,15,18,22-23H,2-3,8-9,12-13H2,1H3,(H2,24,25,26,27)/t15?,18-/m1/s1. The van der Waals surface area contributed by atoms with Gasteiger partial charge in [0.05, 0.1) is 30.6 Å². The summed E-state index contributed by atoms with van der Waals surface area (Å²) < 4.78 is 5.87. The lowest BCUT2D eigenvalue weighted by atomic mass is 9.93. The van der Waals surface area contributed by atoms with E-state index in [1.54, 1.807) is 6.07 Å². The highest BCUT2D eigenvalue weighted by molar-refractivity contribution is 5.92. The molecule has 7 heteroatoms. The number of hydrogen-bond acceptors (Lipinski definition) is 5. The van der Waals surface area contributed by atoms with Crippen molar-refractivity contribution in [1.29, 1.82) is 5.41 Å². The fourth-order valence-corrected chi connectivity index (χ4v) is 3.42. The first kappa shape index (κ1) is 19.8. The molecule has 3 rings (SSSR count). The summed E-state index contributed by atoms with van der Waals surface area (Å²) in [6.45, 7) is 7.61. The Labute approximate surface area is 165 Å². The Hall–Kier alpha value is -2.93. The first-order valence-electron chi connectivity index (χ1n) is 9.54. The zero-order valence-electron chi connectivity index (χ0n) is 16.1. The Morgan fingerprint density at radius 1 is 1.46 bits per heavy atom. The number of aromatic nitrogens is 1. The number of pyridine rings is 1. The van der Waals surface area contributed by atoms with Crippen LogP contribution >= 0.6 is 0 Å². The topological polar surface area (TPSA) is 99.1 Å². The first-order valence-corrected chi connectivity index (χ1v) is 9.54. The van der Waals surface area contributed by atoms with Crippen LogP contribution in [0.1, 0.15) is 24.6 Å². The second kappa shape index (κ2) is 9.32. The quantitative estimate of drug-likeness (QED) is 0.475. The van der Waals surface area contributed by atoms with Crippen LogP contribution in [0.15, 0.2) is 42.5 Å². The monoisotopic (exact) mass is 381 g/mol. The van der Waals surface area contributed by atoms with E-state index in [1.807, 2.05) is 19.1 Å². The molecule has 1 aromatic heterocycles. The second-order valence-corrected chi connectivity index (χ2v) is 6.95. The third-order valence-corrected chi connectivity index (χ3v) is 4.74. The van der Waals surface area contributed by atoms with Gasteiger partial charge in [-0.1, -0.05) is 30.9 Å². The summed E-state index contributed by atoms with van der Waals surface area (Å²) in [6, 6.07) is 1.22. The van der Waals surface area contributed by atoms with Crippen LogP contribution in [0.4, 0.5) is 16.3 Å². The van der Waals surface area contributed by atoms with E-state index in [2.05, 4.69) is 39.7 Å². The van der Waals surface area contributed by atoms with Gasteiger partial charge in [-0.3, -0.25) is 5.32 Å². The minimum Gasteiger partial charge on any atom is -0.383 e. The number of nitrogens with zero attached hydrogens (tertiary/aromatic N) is 1. The van der Waals surface area contributed by atoms with Crippen molar-refractivity contribution in [2.45, 2.75) is 25.8 Å². The van der Waals surface area contributed by atoms with E-state index in [9.17, 15) is 4.79 Å². The molecule has 1 aliphatic carbocycles. The number of allylic oxidation sites excluding steroid dienone is 3. The van der Waals surface area contributed by atoms with Crippen molar-refractivity contribution in [1.82, 2.24) is 10.3 Å². The summed E-state index contributed by atoms with van der Waals surface area (Å²) in [4.78, 5) is 17.2. The van der Waals surface area contributed by atoms with Crippen molar-refractivity contribution >= 4 is 23.8 Å². The summed E-state index contributed by atoms with van der Waals surface area (Å²) in [5.41, 5.74) is 3.09. The molecule has 0 radical (unpaired) electrons. The van der Waals surface area contributed by atoms with Gasteiger partial charge in [-0.15, -0.1) is 0 Å². The van der Waals surface area contributed by atoms with Crippen molar-refractivity contribution < 1.29 is 9.53 Å². The smallest absolute Gasteiger partial charge is 0.320 e. The number of fused-ring (bicyclic) bond motifs is 2. The van der Waals surface area contributed by atoms with E-state index in [0.717, 1.165) is 23.4 Å². The van der Waals surface area contributed by atoms with Crippen LogP contribution < -0.4 is 16.0 Å². The molecule has 148 valence electrons. The van der Waals surface area contributed by atoms with E-state index < -0.39 is 0 Å². The van der Waals surface area contributed by atoms with E-state index in [-0.39, 0.29) is 18.0 Å². The molecule has 2 atom stereocenters. The number of ether oxygens (including phenoxy) is 1. The highest BCUT2D eigenvalue weighted by Crippen LogP contribution is 2.25. The largest absolute Gasteiger partial charge is 0.383 e. The predicted molar refractivity (Wildman–Crippen MR) is 112 cm³/mol. The van der Waals surface area contributed by atoms with E-state index in [4.69, 9.17) is 10.1 Å². The normalized spacial score (nSPS) is 22.5. The summed E-state index contributed by atoms with van der Waals surface area (Å²) in [6.07, 6.45) is 10.8. The van der Waals surface area contributed by atoms with Gasteiger partial charge in [-0.25, -0.2) is 9.78 Å². The van der Waals surface area contributed by atoms with Crippen molar-refractivity contribution in [3.05, 3.63) is 53.8 Å². The van der Waals surface area contributed by atoms with Crippen LogP contribution in [0.3, 0.4) is 0 Å². The molecule has 2 bridgehead atoms. The van der Waals surface area contributed by atoms with E-state index in [0.29, 0.717) is 37.6 Å². The SMILES string of the molecule is C=C1COC[C@H](C2C=CC=CC2)NC(=O)Nc2cc(C=N)c(NCC)c(n2)C1. The van der Waals surface area contributed by atoms with E-state index in [1.165, 1.54) is 6.21 Å². The molecule has 0 aromatic carbocycles. The number of anilines is 2. The highest BCUT2D eigenvalue weighted by Gasteiger charge is 2.23. The van der Waals surface area contributed by atoms with Crippen LogP contribution in [-0.2, 0) is 11.2 Å². The number of rotatable bonds is 4. The molecule has 2 heterocycles. The number of carbonyl (C=O) groups is 1. The van der Waals surface area contributed by atoms with Crippen LogP contribution in [0.25, 0.3) is 0 Å². The fourth-order valence-electron chi connectivity index (χ4n) is 3.42. The molecule has 2 aliphatic rings. The molecule has 2 amide bonds. The molecule has 1 aromatic rings. The molecule has 1 unspecified atom stereocenters. The molecule has 28 heavy (non-hydrogen) atoms. The van der Waals surface area contributed by atoms with Gasteiger partial charge < -0.3 is 20.8 Å². The predicted octanol–water partition coefficient (Wildman–Crippen LogP) is 3.26. The maximum Gasteiger partial charge on any atom is 0.320 e. The van der Waals surface area contributed by atoms with Gasteiger partial charge in [0.15, 0.2) is 0 Å². The summed E-state index contributed by atoms with van der Waals surface area (Å²) in [5, 5.41) is 16.8. The fraction of sp³-hybridized carbons (Fsp3) is 0.381. The van der Waals surface area contributed by atoms with Crippen LogP contribution in [0.2, 0.25) is 0 Å². The lowest BCUT2D eigenvalue weighted by Crippen LogP contribution is -2.45. The van der Waals surface area contributed by atoms with Crippen LogP contribution in [0.5, 0.6) is 0 Å². The number of nitrogens with one attached hydrogen (secondary N) is 4. The second-order valence-electron chi connectivity index (χ2n) is 6.95.